The van der Waals surface area contributed by atoms with Gasteiger partial charge in [-0.1, -0.05) is 0 Å². The lowest BCUT2D eigenvalue weighted by Gasteiger charge is -2.05. The van der Waals surface area contributed by atoms with Crippen LogP contribution in [0.5, 0.6) is 0 Å². The third kappa shape index (κ3) is 5.97. The Labute approximate surface area is 106 Å². The Morgan fingerprint density at radius 2 is 2.22 bits per heavy atom. The molecule has 0 N–H and O–H groups in total. The van der Waals surface area contributed by atoms with Crippen LogP contribution in [0.2, 0.25) is 0 Å². The van der Waals surface area contributed by atoms with E-state index in [-0.39, 0.29) is 19.6 Å². The summed E-state index contributed by atoms with van der Waals surface area (Å²) in [6, 6.07) is 0. The van der Waals surface area contributed by atoms with Crippen molar-refractivity contribution in [1.29, 1.82) is 0 Å². The predicted molar refractivity (Wildman–Crippen MR) is 58.2 cm³/mol. The quantitative estimate of drug-likeness (QED) is 0.752. The first-order valence-corrected chi connectivity index (χ1v) is 6.02. The van der Waals surface area contributed by atoms with Crippen LogP contribution in [-0.2, 0) is 27.3 Å². The Bertz CT molecular complexity index is 392. The summed E-state index contributed by atoms with van der Waals surface area (Å²) < 4.78 is 44.6. The van der Waals surface area contributed by atoms with Crippen LogP contribution in [0, 0.1) is 0 Å². The molecule has 0 aliphatic heterocycles. The molecule has 0 aromatic carbocycles. The molecule has 0 aliphatic carbocycles. The van der Waals surface area contributed by atoms with Gasteiger partial charge in [0, 0.05) is 5.38 Å². The van der Waals surface area contributed by atoms with Gasteiger partial charge in [0.1, 0.15) is 11.6 Å². The Hall–Kier alpha value is -1.15. The number of hydrogen-bond acceptors (Lipinski definition) is 5. The highest BCUT2D eigenvalue weighted by atomic mass is 32.1. The molecule has 0 spiro atoms. The minimum Gasteiger partial charge on any atom is -0.466 e. The molecule has 1 rings (SSSR count). The third-order valence-electron chi connectivity index (χ3n) is 1.72. The molecule has 0 saturated carbocycles. The van der Waals surface area contributed by atoms with Gasteiger partial charge >= 0.3 is 12.1 Å². The molecule has 102 valence electrons. The van der Waals surface area contributed by atoms with E-state index >= 15 is 0 Å². The normalized spacial score (nSPS) is 11.6. The SMILES string of the molecule is CCOC(=O)Cc1csc(COCC(F)(F)F)n1. The molecular formula is C10H12F3NO3S. The van der Waals surface area contributed by atoms with Crippen molar-refractivity contribution in [1.82, 2.24) is 4.98 Å². The number of rotatable bonds is 6. The molecule has 0 unspecified atom stereocenters. The summed E-state index contributed by atoms with van der Waals surface area (Å²) >= 11 is 1.15. The Morgan fingerprint density at radius 3 is 2.83 bits per heavy atom. The summed E-state index contributed by atoms with van der Waals surface area (Å²) in [7, 11) is 0. The molecule has 0 atom stereocenters. The summed E-state index contributed by atoms with van der Waals surface area (Å²) in [5.74, 6) is -0.412. The van der Waals surface area contributed by atoms with E-state index in [2.05, 4.69) is 9.72 Å². The van der Waals surface area contributed by atoms with Crippen LogP contribution in [0.25, 0.3) is 0 Å². The fraction of sp³-hybridized carbons (Fsp3) is 0.600. The van der Waals surface area contributed by atoms with Crippen LogP contribution in [0.15, 0.2) is 5.38 Å². The summed E-state index contributed by atoms with van der Waals surface area (Å²) in [5.41, 5.74) is 0.476. The molecule has 1 heterocycles. The number of alkyl halides is 3. The van der Waals surface area contributed by atoms with Crippen LogP contribution < -0.4 is 0 Å². The molecule has 0 bridgehead atoms. The number of halogens is 3. The largest absolute Gasteiger partial charge is 0.466 e. The number of ether oxygens (including phenoxy) is 2. The zero-order valence-corrected chi connectivity index (χ0v) is 10.4. The summed E-state index contributed by atoms with van der Waals surface area (Å²) in [6.45, 7) is 0.451. The van der Waals surface area contributed by atoms with Gasteiger partial charge in [-0.25, -0.2) is 4.98 Å². The van der Waals surface area contributed by atoms with Crippen LogP contribution >= 0.6 is 11.3 Å². The topological polar surface area (TPSA) is 48.4 Å². The van der Waals surface area contributed by atoms with Crippen LogP contribution in [-0.4, -0.2) is 30.3 Å². The highest BCUT2D eigenvalue weighted by Crippen LogP contribution is 2.17. The molecule has 8 heteroatoms. The molecule has 18 heavy (non-hydrogen) atoms. The fourth-order valence-electron chi connectivity index (χ4n) is 1.11. The van der Waals surface area contributed by atoms with Gasteiger partial charge in [-0.15, -0.1) is 11.3 Å². The molecule has 4 nitrogen and oxygen atoms in total. The van der Waals surface area contributed by atoms with Gasteiger partial charge < -0.3 is 9.47 Å². The minimum atomic E-state index is -4.34. The van der Waals surface area contributed by atoms with Crippen molar-refractivity contribution < 1.29 is 27.4 Å². The van der Waals surface area contributed by atoms with Crippen molar-refractivity contribution in [3.8, 4) is 0 Å². The number of aromatic nitrogens is 1. The first-order valence-electron chi connectivity index (χ1n) is 5.14. The molecule has 1 aromatic heterocycles. The Kier molecular flexibility index (Phi) is 5.54. The molecule has 0 radical (unpaired) electrons. The van der Waals surface area contributed by atoms with Crippen molar-refractivity contribution in [3.05, 3.63) is 16.1 Å². The van der Waals surface area contributed by atoms with Gasteiger partial charge in [0.05, 0.1) is 25.3 Å². The minimum absolute atomic E-state index is 0.0175. The number of carbonyl (C=O) groups excluding carboxylic acids is 1. The average molecular weight is 283 g/mol. The summed E-state index contributed by atoms with van der Waals surface area (Å²) in [4.78, 5) is 15.1. The molecule has 1 aromatic rings. The van der Waals surface area contributed by atoms with Crippen molar-refractivity contribution in [2.75, 3.05) is 13.2 Å². The van der Waals surface area contributed by atoms with Crippen LogP contribution in [0.1, 0.15) is 17.6 Å². The highest BCUT2D eigenvalue weighted by Gasteiger charge is 2.27. The smallest absolute Gasteiger partial charge is 0.411 e. The number of nitrogens with zero attached hydrogens (tertiary/aromatic N) is 1. The van der Waals surface area contributed by atoms with Gasteiger partial charge in [-0.05, 0) is 6.92 Å². The monoisotopic (exact) mass is 283 g/mol. The van der Waals surface area contributed by atoms with E-state index in [4.69, 9.17) is 4.74 Å². The predicted octanol–water partition coefficient (Wildman–Crippen LogP) is 2.33. The molecule has 0 fully saturated rings. The number of carbonyl (C=O) groups is 1. The third-order valence-corrected chi connectivity index (χ3v) is 2.59. The first kappa shape index (κ1) is 14.9. The second kappa shape index (κ2) is 6.69. The zero-order valence-electron chi connectivity index (χ0n) is 9.62. The van der Waals surface area contributed by atoms with Crippen molar-refractivity contribution in [3.63, 3.8) is 0 Å². The Morgan fingerprint density at radius 1 is 1.50 bits per heavy atom. The van der Waals surface area contributed by atoms with Crippen LogP contribution in [0.4, 0.5) is 13.2 Å². The molecule has 0 saturated heterocycles. The van der Waals surface area contributed by atoms with Gasteiger partial charge in [-0.2, -0.15) is 13.2 Å². The lowest BCUT2D eigenvalue weighted by atomic mass is 10.3. The second-order valence-corrected chi connectivity index (χ2v) is 4.27. The number of esters is 1. The van der Waals surface area contributed by atoms with Crippen molar-refractivity contribution in [2.24, 2.45) is 0 Å². The lowest BCUT2D eigenvalue weighted by Crippen LogP contribution is -2.16. The van der Waals surface area contributed by atoms with E-state index in [1.807, 2.05) is 0 Å². The Balaban J connectivity index is 2.37. The first-order chi connectivity index (χ1) is 8.40. The average Bonchev–Trinajstić information content (AvgIpc) is 2.64. The summed E-state index contributed by atoms with van der Waals surface area (Å²) in [5, 5.41) is 2.00. The maximum atomic E-state index is 11.8. The number of thiazole rings is 1. The second-order valence-electron chi connectivity index (χ2n) is 3.32. The maximum absolute atomic E-state index is 11.8. The van der Waals surface area contributed by atoms with Crippen molar-refractivity contribution >= 4 is 17.3 Å². The van der Waals surface area contributed by atoms with E-state index in [9.17, 15) is 18.0 Å². The van der Waals surface area contributed by atoms with Gasteiger partial charge in [0.15, 0.2) is 0 Å². The molecular weight excluding hydrogens is 271 g/mol. The molecule has 0 aliphatic rings. The van der Waals surface area contributed by atoms with Crippen molar-refractivity contribution in [2.45, 2.75) is 26.1 Å². The fourth-order valence-corrected chi connectivity index (χ4v) is 1.84. The van der Waals surface area contributed by atoms with Gasteiger partial charge in [0.25, 0.3) is 0 Å². The maximum Gasteiger partial charge on any atom is 0.411 e. The van der Waals surface area contributed by atoms with Crippen LogP contribution in [0.3, 0.4) is 0 Å². The highest BCUT2D eigenvalue weighted by molar-refractivity contribution is 7.09. The van der Waals surface area contributed by atoms with E-state index < -0.39 is 18.8 Å². The van der Waals surface area contributed by atoms with Gasteiger partial charge in [0.2, 0.25) is 0 Å². The summed E-state index contributed by atoms with van der Waals surface area (Å²) in [6.07, 6.45) is -4.32. The van der Waals surface area contributed by atoms with Gasteiger partial charge in [-0.3, -0.25) is 4.79 Å². The van der Waals surface area contributed by atoms with E-state index in [0.717, 1.165) is 11.3 Å². The zero-order chi connectivity index (χ0) is 13.6. The van der Waals surface area contributed by atoms with E-state index in [1.54, 1.807) is 12.3 Å². The number of hydrogen-bond donors (Lipinski definition) is 0. The lowest BCUT2D eigenvalue weighted by molar-refractivity contribution is -0.176. The standard InChI is InChI=1S/C10H12F3NO3S/c1-2-17-9(15)3-7-5-18-8(14-7)4-16-6-10(11,12)13/h5H,2-4,6H2,1H3. The van der Waals surface area contributed by atoms with E-state index in [1.165, 1.54) is 0 Å². The van der Waals surface area contributed by atoms with E-state index in [0.29, 0.717) is 10.7 Å². The molecule has 0 amide bonds.